The lowest BCUT2D eigenvalue weighted by molar-refractivity contribution is -0.147. The number of esters is 2. The van der Waals surface area contributed by atoms with Gasteiger partial charge in [0.2, 0.25) is 0 Å². The first-order valence-electron chi connectivity index (χ1n) is 7.67. The van der Waals surface area contributed by atoms with Crippen LogP contribution in [0.15, 0.2) is 12.1 Å². The zero-order chi connectivity index (χ0) is 18.3. The Hall–Kier alpha value is -2.57. The second-order valence-electron chi connectivity index (χ2n) is 5.60. The summed E-state index contributed by atoms with van der Waals surface area (Å²) in [4.78, 5) is 33.1. The molecule has 0 aliphatic rings. The molecule has 132 valence electrons. The first kappa shape index (κ1) is 19.5. The maximum Gasteiger partial charge on any atom is 0.308 e. The van der Waals surface area contributed by atoms with Crippen molar-refractivity contribution in [1.29, 1.82) is 0 Å². The molecule has 7 heteroatoms. The monoisotopic (exact) mass is 337 g/mol. The van der Waals surface area contributed by atoms with Crippen molar-refractivity contribution < 1.29 is 29.0 Å². The molecule has 1 unspecified atom stereocenters. The smallest absolute Gasteiger partial charge is 0.308 e. The highest BCUT2D eigenvalue weighted by Crippen LogP contribution is 2.35. The number of carboxylic acid groups (broad SMARTS) is 1. The van der Waals surface area contributed by atoms with Crippen LogP contribution in [0.3, 0.4) is 0 Å². The van der Waals surface area contributed by atoms with Gasteiger partial charge in [0.15, 0.2) is 0 Å². The molecule has 3 N–H and O–H groups in total. The number of hydrogen-bond donors (Lipinski definition) is 2. The van der Waals surface area contributed by atoms with Crippen molar-refractivity contribution in [3.05, 3.63) is 23.3 Å². The van der Waals surface area contributed by atoms with Gasteiger partial charge in [0.05, 0.1) is 19.4 Å². The third-order valence-corrected chi connectivity index (χ3v) is 3.61. The summed E-state index contributed by atoms with van der Waals surface area (Å²) < 4.78 is 10.3. The van der Waals surface area contributed by atoms with E-state index in [-0.39, 0.29) is 25.4 Å². The Morgan fingerprint density at radius 1 is 1.25 bits per heavy atom. The summed E-state index contributed by atoms with van der Waals surface area (Å²) in [5.41, 5.74) is 7.88. The number of carbonyl (C=O) groups excluding carboxylic acids is 2. The Morgan fingerprint density at radius 3 is 2.50 bits per heavy atom. The van der Waals surface area contributed by atoms with E-state index in [2.05, 4.69) is 0 Å². The molecule has 1 aromatic carbocycles. The minimum absolute atomic E-state index is 0.0362. The summed E-state index contributed by atoms with van der Waals surface area (Å²) in [6.07, 6.45) is 0.113. The molecule has 0 aromatic heterocycles. The Bertz CT molecular complexity index is 626. The van der Waals surface area contributed by atoms with Crippen molar-refractivity contribution in [2.24, 2.45) is 0 Å². The number of carbonyl (C=O) groups is 3. The molecule has 0 saturated heterocycles. The quantitative estimate of drug-likeness (QED) is 0.425. The van der Waals surface area contributed by atoms with Crippen LogP contribution >= 0.6 is 0 Å². The molecule has 0 amide bonds. The zero-order valence-electron chi connectivity index (χ0n) is 14.1. The first-order valence-corrected chi connectivity index (χ1v) is 7.67. The molecule has 0 aliphatic heterocycles. The molecule has 1 atom stereocenters. The van der Waals surface area contributed by atoms with Crippen LogP contribution in [0.2, 0.25) is 0 Å². The molecule has 24 heavy (non-hydrogen) atoms. The highest BCUT2D eigenvalue weighted by molar-refractivity contribution is 5.76. The van der Waals surface area contributed by atoms with Gasteiger partial charge in [0.25, 0.3) is 0 Å². The number of nitrogen functional groups attached to an aromatic ring is 1. The van der Waals surface area contributed by atoms with Crippen molar-refractivity contribution in [3.63, 3.8) is 0 Å². The maximum atomic E-state index is 11.4. The summed E-state index contributed by atoms with van der Waals surface area (Å²) in [5.74, 6) is -1.61. The van der Waals surface area contributed by atoms with Crippen LogP contribution in [0.1, 0.15) is 50.2 Å². The Morgan fingerprint density at radius 2 is 1.92 bits per heavy atom. The van der Waals surface area contributed by atoms with Crippen LogP contribution in [0, 0.1) is 6.92 Å². The molecule has 0 spiro atoms. The summed E-state index contributed by atoms with van der Waals surface area (Å²) in [6, 6.07) is 3.53. The minimum Gasteiger partial charge on any atom is -0.481 e. The van der Waals surface area contributed by atoms with Gasteiger partial charge in [-0.1, -0.05) is 13.0 Å². The van der Waals surface area contributed by atoms with Crippen LogP contribution in [0.5, 0.6) is 5.75 Å². The topological polar surface area (TPSA) is 116 Å². The first-order chi connectivity index (χ1) is 11.2. The lowest BCUT2D eigenvalue weighted by Gasteiger charge is -2.18. The van der Waals surface area contributed by atoms with E-state index in [1.807, 2.05) is 6.92 Å². The van der Waals surface area contributed by atoms with Gasteiger partial charge >= 0.3 is 17.9 Å². The van der Waals surface area contributed by atoms with E-state index in [1.165, 1.54) is 6.92 Å². The molecule has 1 aromatic rings. The predicted octanol–water partition coefficient (Wildman–Crippen LogP) is 2.40. The van der Waals surface area contributed by atoms with Gasteiger partial charge in [-0.15, -0.1) is 0 Å². The predicted molar refractivity (Wildman–Crippen MR) is 87.8 cm³/mol. The lowest BCUT2D eigenvalue weighted by atomic mass is 9.94. The Labute approximate surface area is 140 Å². The fourth-order valence-electron chi connectivity index (χ4n) is 2.18. The average Bonchev–Trinajstić information content (AvgIpc) is 2.49. The van der Waals surface area contributed by atoms with Gasteiger partial charge in [-0.2, -0.15) is 0 Å². The number of aliphatic carboxylic acids is 1. The second kappa shape index (κ2) is 8.90. The van der Waals surface area contributed by atoms with Crippen LogP contribution in [-0.2, 0) is 19.1 Å². The molecule has 7 nitrogen and oxygen atoms in total. The number of benzene rings is 1. The van der Waals surface area contributed by atoms with E-state index < -0.39 is 17.9 Å². The molecule has 0 fully saturated rings. The van der Waals surface area contributed by atoms with E-state index in [4.69, 9.17) is 20.3 Å². The van der Waals surface area contributed by atoms with E-state index >= 15 is 0 Å². The zero-order valence-corrected chi connectivity index (χ0v) is 14.1. The molecular weight excluding hydrogens is 314 g/mol. The second-order valence-corrected chi connectivity index (χ2v) is 5.60. The van der Waals surface area contributed by atoms with E-state index in [1.54, 1.807) is 19.1 Å². The molecule has 0 heterocycles. The van der Waals surface area contributed by atoms with Crippen molar-refractivity contribution >= 4 is 23.6 Å². The van der Waals surface area contributed by atoms with Crippen molar-refractivity contribution in [1.82, 2.24) is 0 Å². The summed E-state index contributed by atoms with van der Waals surface area (Å²) >= 11 is 0. The molecule has 0 bridgehead atoms. The van der Waals surface area contributed by atoms with Crippen LogP contribution in [-0.4, -0.2) is 29.6 Å². The molecule has 0 saturated carbocycles. The third-order valence-electron chi connectivity index (χ3n) is 3.61. The van der Waals surface area contributed by atoms with Gasteiger partial charge in [0.1, 0.15) is 5.75 Å². The fraction of sp³-hybridized carbons (Fsp3) is 0.471. The molecular formula is C17H23NO6. The highest BCUT2D eigenvalue weighted by atomic mass is 16.5. The molecule has 1 rings (SSSR count). The number of nitrogens with two attached hydrogens (primary N) is 1. The normalized spacial score (nSPS) is 11.6. The average molecular weight is 337 g/mol. The van der Waals surface area contributed by atoms with Gasteiger partial charge in [-0.05, 0) is 30.9 Å². The number of anilines is 1. The van der Waals surface area contributed by atoms with Crippen LogP contribution in [0.4, 0.5) is 5.69 Å². The lowest BCUT2D eigenvalue weighted by Crippen LogP contribution is -2.12. The van der Waals surface area contributed by atoms with E-state index in [0.717, 1.165) is 5.56 Å². The van der Waals surface area contributed by atoms with Crippen LogP contribution in [0.25, 0.3) is 0 Å². The van der Waals surface area contributed by atoms with Crippen LogP contribution < -0.4 is 10.5 Å². The van der Waals surface area contributed by atoms with Crippen molar-refractivity contribution in [3.8, 4) is 5.75 Å². The largest absolute Gasteiger partial charge is 0.481 e. The summed E-state index contributed by atoms with van der Waals surface area (Å²) in [7, 11) is 0. The number of hydrogen-bond acceptors (Lipinski definition) is 6. The van der Waals surface area contributed by atoms with Gasteiger partial charge in [-0.25, -0.2) is 0 Å². The van der Waals surface area contributed by atoms with Gasteiger partial charge in [0, 0.05) is 18.2 Å². The fourth-order valence-corrected chi connectivity index (χ4v) is 2.18. The van der Waals surface area contributed by atoms with Gasteiger partial charge in [-0.3, -0.25) is 14.4 Å². The van der Waals surface area contributed by atoms with Gasteiger partial charge < -0.3 is 20.3 Å². The summed E-state index contributed by atoms with van der Waals surface area (Å²) in [5, 5.41) is 8.52. The SMILES string of the molecule is CC(=O)Oc1c(C(C)CCOC(=O)CCC(=O)O)ccc(N)c1C. The highest BCUT2D eigenvalue weighted by Gasteiger charge is 2.18. The summed E-state index contributed by atoms with van der Waals surface area (Å²) in [6.45, 7) is 5.17. The molecule has 0 aliphatic carbocycles. The Balaban J connectivity index is 2.69. The Kier molecular flexibility index (Phi) is 7.23. The third kappa shape index (κ3) is 5.91. The van der Waals surface area contributed by atoms with E-state index in [0.29, 0.717) is 23.4 Å². The number of rotatable bonds is 8. The number of carboxylic acids is 1. The molecule has 0 radical (unpaired) electrons. The van der Waals surface area contributed by atoms with Crippen molar-refractivity contribution in [2.75, 3.05) is 12.3 Å². The minimum atomic E-state index is -1.04. The number of ether oxygens (including phenoxy) is 2. The van der Waals surface area contributed by atoms with Crippen molar-refractivity contribution in [2.45, 2.75) is 46.0 Å². The standard InChI is InChI=1S/C17H23NO6/c1-10(8-9-23-16(22)7-6-15(20)21)13-4-5-14(18)11(2)17(13)24-12(3)19/h4-5,10H,6-9,18H2,1-3H3,(H,20,21). The maximum absolute atomic E-state index is 11.4. The van der Waals surface area contributed by atoms with E-state index in [9.17, 15) is 14.4 Å².